The fraction of sp³-hybridized carbons (Fsp3) is 0.0882. The molecule has 0 N–H and O–H groups in total. The largest absolute Gasteiger partial charge is 0.457 e. The highest BCUT2D eigenvalue weighted by Crippen LogP contribution is 2.55. The van der Waals surface area contributed by atoms with E-state index < -0.39 is 5.41 Å². The zero-order valence-electron chi connectivity index (χ0n) is 21.6. The van der Waals surface area contributed by atoms with Crippen LogP contribution < -0.4 is 9.64 Å². The van der Waals surface area contributed by atoms with Crippen LogP contribution in [0.5, 0.6) is 11.5 Å². The Hall–Kier alpha value is -4.48. The molecule has 0 radical (unpaired) electrons. The summed E-state index contributed by atoms with van der Waals surface area (Å²) in [4.78, 5) is 11.8. The van der Waals surface area contributed by atoms with Crippen LogP contribution in [0.1, 0.15) is 22.4 Å². The van der Waals surface area contributed by atoms with Gasteiger partial charge in [0.25, 0.3) is 0 Å². The maximum atomic E-state index is 6.50. The van der Waals surface area contributed by atoms with E-state index in [1.807, 2.05) is 42.2 Å². The van der Waals surface area contributed by atoms with Gasteiger partial charge < -0.3 is 14.5 Å². The standard InChI is InChI=1S/C34H27N3OS/c1-36-20-21-37(24-36)26-11-9-13-28(23-26)38-27-12-8-10-25(22-27)34(33-18-6-7-19-35-33)29-14-2-4-16-31(29)39-32-17-5-3-15-30(32)34/h2-23H,24H2,1H3. The maximum absolute atomic E-state index is 6.50. The van der Waals surface area contributed by atoms with E-state index in [1.54, 1.807) is 0 Å². The molecule has 1 aromatic heterocycles. The highest BCUT2D eigenvalue weighted by Gasteiger charge is 2.45. The van der Waals surface area contributed by atoms with Crippen LogP contribution in [0.4, 0.5) is 5.69 Å². The van der Waals surface area contributed by atoms with Gasteiger partial charge in [-0.05, 0) is 65.2 Å². The minimum absolute atomic E-state index is 0.578. The van der Waals surface area contributed by atoms with Crippen molar-refractivity contribution >= 4 is 17.4 Å². The molecule has 39 heavy (non-hydrogen) atoms. The zero-order valence-corrected chi connectivity index (χ0v) is 22.4. The first-order valence-corrected chi connectivity index (χ1v) is 13.9. The third kappa shape index (κ3) is 4.06. The second-order valence-electron chi connectivity index (χ2n) is 9.85. The van der Waals surface area contributed by atoms with Gasteiger partial charge in [0, 0.05) is 47.2 Å². The third-order valence-corrected chi connectivity index (χ3v) is 8.53. The predicted molar refractivity (Wildman–Crippen MR) is 157 cm³/mol. The zero-order chi connectivity index (χ0) is 26.2. The summed E-state index contributed by atoms with van der Waals surface area (Å²) in [6, 6.07) is 40.3. The lowest BCUT2D eigenvalue weighted by Gasteiger charge is -2.40. The van der Waals surface area contributed by atoms with Crippen LogP contribution in [0.2, 0.25) is 0 Å². The lowest BCUT2D eigenvalue weighted by Crippen LogP contribution is -2.34. The molecule has 0 amide bonds. The van der Waals surface area contributed by atoms with Gasteiger partial charge in [-0.1, -0.05) is 72.4 Å². The fourth-order valence-corrected chi connectivity index (χ4v) is 6.86. The van der Waals surface area contributed by atoms with E-state index in [1.165, 1.54) is 20.9 Å². The summed E-state index contributed by atoms with van der Waals surface area (Å²) < 4.78 is 6.50. The van der Waals surface area contributed by atoms with E-state index in [9.17, 15) is 0 Å². The fourth-order valence-electron chi connectivity index (χ4n) is 5.67. The maximum Gasteiger partial charge on any atom is 0.129 e. The van der Waals surface area contributed by atoms with Gasteiger partial charge in [0.2, 0.25) is 0 Å². The van der Waals surface area contributed by atoms with Crippen molar-refractivity contribution in [1.29, 1.82) is 0 Å². The topological polar surface area (TPSA) is 28.6 Å². The van der Waals surface area contributed by atoms with Gasteiger partial charge in [0.1, 0.15) is 11.5 Å². The highest BCUT2D eigenvalue weighted by molar-refractivity contribution is 7.99. The number of ether oxygens (including phenoxy) is 1. The van der Waals surface area contributed by atoms with Crippen LogP contribution >= 0.6 is 11.8 Å². The molecule has 4 aromatic carbocycles. The number of nitrogens with zero attached hydrogens (tertiary/aromatic N) is 3. The van der Waals surface area contributed by atoms with E-state index in [0.717, 1.165) is 35.1 Å². The summed E-state index contributed by atoms with van der Waals surface area (Å²) in [6.45, 7) is 0.822. The summed E-state index contributed by atoms with van der Waals surface area (Å²) in [6.07, 6.45) is 6.05. The minimum atomic E-state index is -0.578. The summed E-state index contributed by atoms with van der Waals surface area (Å²) >= 11 is 1.82. The molecule has 4 nitrogen and oxygen atoms in total. The molecular weight excluding hydrogens is 498 g/mol. The van der Waals surface area contributed by atoms with Crippen molar-refractivity contribution in [2.45, 2.75) is 15.2 Å². The number of hydrogen-bond acceptors (Lipinski definition) is 5. The molecule has 2 aliphatic heterocycles. The quantitative estimate of drug-likeness (QED) is 0.228. The minimum Gasteiger partial charge on any atom is -0.457 e. The molecule has 2 aliphatic rings. The first-order valence-electron chi connectivity index (χ1n) is 13.0. The number of aromatic nitrogens is 1. The van der Waals surface area contributed by atoms with Gasteiger partial charge in [-0.3, -0.25) is 4.98 Å². The number of fused-ring (bicyclic) bond motifs is 2. The van der Waals surface area contributed by atoms with Gasteiger partial charge in [0.05, 0.1) is 17.8 Å². The molecular formula is C34H27N3OS. The second kappa shape index (κ2) is 9.68. The molecule has 5 heteroatoms. The molecule has 0 saturated carbocycles. The predicted octanol–water partition coefficient (Wildman–Crippen LogP) is 7.90. The second-order valence-corrected chi connectivity index (χ2v) is 10.9. The molecule has 0 aliphatic carbocycles. The molecule has 0 fully saturated rings. The van der Waals surface area contributed by atoms with Crippen molar-refractivity contribution in [1.82, 2.24) is 9.88 Å². The Morgan fingerprint density at radius 3 is 2.10 bits per heavy atom. The lowest BCUT2D eigenvalue weighted by atomic mass is 9.66. The van der Waals surface area contributed by atoms with Crippen LogP contribution in [0.15, 0.2) is 144 Å². The van der Waals surface area contributed by atoms with Crippen LogP contribution in [0, 0.1) is 0 Å². The monoisotopic (exact) mass is 525 g/mol. The van der Waals surface area contributed by atoms with Crippen molar-refractivity contribution in [3.8, 4) is 11.5 Å². The van der Waals surface area contributed by atoms with Crippen molar-refractivity contribution in [3.05, 3.63) is 156 Å². The van der Waals surface area contributed by atoms with Crippen LogP contribution in [-0.4, -0.2) is 23.6 Å². The highest BCUT2D eigenvalue weighted by atomic mass is 32.2. The van der Waals surface area contributed by atoms with Crippen molar-refractivity contribution in [3.63, 3.8) is 0 Å². The number of rotatable bonds is 5. The average Bonchev–Trinajstić information content (AvgIpc) is 3.43. The Bertz CT molecular complexity index is 1640. The van der Waals surface area contributed by atoms with Gasteiger partial charge >= 0.3 is 0 Å². The molecule has 3 heterocycles. The first kappa shape index (κ1) is 23.6. The smallest absolute Gasteiger partial charge is 0.129 e. The number of benzene rings is 4. The average molecular weight is 526 g/mol. The van der Waals surface area contributed by atoms with E-state index in [-0.39, 0.29) is 0 Å². The molecule has 7 rings (SSSR count). The molecule has 0 bridgehead atoms. The van der Waals surface area contributed by atoms with Crippen molar-refractivity contribution in [2.24, 2.45) is 0 Å². The first-order chi connectivity index (χ1) is 19.2. The number of anilines is 1. The summed E-state index contributed by atoms with van der Waals surface area (Å²) in [5.41, 5.74) is 5.11. The van der Waals surface area contributed by atoms with Crippen molar-refractivity contribution in [2.75, 3.05) is 18.6 Å². The van der Waals surface area contributed by atoms with Gasteiger partial charge in [-0.2, -0.15) is 0 Å². The Balaban J connectivity index is 1.37. The Labute approximate surface area is 233 Å². The van der Waals surface area contributed by atoms with E-state index >= 15 is 0 Å². The molecule has 0 spiro atoms. The third-order valence-electron chi connectivity index (χ3n) is 7.38. The van der Waals surface area contributed by atoms with Gasteiger partial charge in [-0.15, -0.1) is 0 Å². The van der Waals surface area contributed by atoms with Gasteiger partial charge in [-0.25, -0.2) is 0 Å². The summed E-state index contributed by atoms with van der Waals surface area (Å²) in [7, 11) is 2.07. The van der Waals surface area contributed by atoms with Crippen LogP contribution in [0.25, 0.3) is 0 Å². The normalized spacial score (nSPS) is 15.1. The van der Waals surface area contributed by atoms with Crippen LogP contribution in [-0.2, 0) is 5.41 Å². The van der Waals surface area contributed by atoms with Gasteiger partial charge in [0.15, 0.2) is 0 Å². The molecule has 0 atom stereocenters. The van der Waals surface area contributed by atoms with E-state index in [4.69, 9.17) is 9.72 Å². The number of pyridine rings is 1. The number of hydrogen-bond donors (Lipinski definition) is 0. The lowest BCUT2D eigenvalue weighted by molar-refractivity contribution is 0.479. The Morgan fingerprint density at radius 2 is 1.41 bits per heavy atom. The Morgan fingerprint density at radius 1 is 0.718 bits per heavy atom. The molecule has 190 valence electrons. The Kier molecular flexibility index (Phi) is 5.86. The van der Waals surface area contributed by atoms with Crippen molar-refractivity contribution < 1.29 is 4.74 Å². The SMILES string of the molecule is CN1C=CN(c2cccc(Oc3cccc(C4(c5ccccn5)c5ccccc5Sc5ccccc54)c3)c2)C1. The molecule has 5 aromatic rings. The molecule has 0 unspecified atom stereocenters. The summed E-state index contributed by atoms with van der Waals surface area (Å²) in [5.74, 6) is 1.60. The van der Waals surface area contributed by atoms with E-state index in [0.29, 0.717) is 0 Å². The summed E-state index contributed by atoms with van der Waals surface area (Å²) in [5, 5.41) is 0. The molecule has 0 saturated heterocycles. The van der Waals surface area contributed by atoms with Crippen LogP contribution in [0.3, 0.4) is 0 Å². The van der Waals surface area contributed by atoms with E-state index in [2.05, 4.69) is 120 Å².